The van der Waals surface area contributed by atoms with Gasteiger partial charge in [0.1, 0.15) is 0 Å². The number of hydrogen-bond donors (Lipinski definition) is 1. The van der Waals surface area contributed by atoms with E-state index in [-0.39, 0.29) is 12.2 Å². The number of hydrogen-bond acceptors (Lipinski definition) is 5. The lowest BCUT2D eigenvalue weighted by atomic mass is 9.85. The highest BCUT2D eigenvalue weighted by atomic mass is 16.6. The fourth-order valence-corrected chi connectivity index (χ4v) is 2.17. The summed E-state index contributed by atoms with van der Waals surface area (Å²) in [6.07, 6.45) is 3.41. The molecule has 1 aliphatic rings. The fraction of sp³-hybridized carbons (Fsp3) is 1.00. The first-order chi connectivity index (χ1) is 9.33. The van der Waals surface area contributed by atoms with Gasteiger partial charge < -0.3 is 24.3 Å². The Balaban J connectivity index is 2.02. The molecule has 0 aromatic carbocycles. The van der Waals surface area contributed by atoms with Gasteiger partial charge in [0, 0.05) is 33.0 Å². The lowest BCUT2D eigenvalue weighted by molar-refractivity contribution is -0.151. The molecule has 0 saturated heterocycles. The average Bonchev–Trinajstić information content (AvgIpc) is 2.40. The van der Waals surface area contributed by atoms with Crippen LogP contribution in [0.3, 0.4) is 0 Å². The summed E-state index contributed by atoms with van der Waals surface area (Å²) in [6, 6.07) is 0.430. The van der Waals surface area contributed by atoms with Gasteiger partial charge >= 0.3 is 0 Å². The normalized spacial score (nSPS) is 26.4. The molecule has 114 valence electrons. The topological polar surface area (TPSA) is 49.0 Å². The Morgan fingerprint density at radius 3 is 2.58 bits per heavy atom. The molecule has 0 spiro atoms. The molecule has 0 amide bonds. The minimum absolute atomic E-state index is 0.193. The third-order valence-corrected chi connectivity index (χ3v) is 3.33. The highest BCUT2D eigenvalue weighted by Gasteiger charge is 2.41. The number of ether oxygens (including phenoxy) is 4. The van der Waals surface area contributed by atoms with Crippen LogP contribution in [0.25, 0.3) is 0 Å². The lowest BCUT2D eigenvalue weighted by Crippen LogP contribution is -2.59. The minimum Gasteiger partial charge on any atom is -0.385 e. The van der Waals surface area contributed by atoms with Gasteiger partial charge in [-0.15, -0.1) is 0 Å². The molecule has 0 bridgehead atoms. The SMILES string of the molecule is CCCOC1C(NC)CC1OCCOCCCOC. The summed E-state index contributed by atoms with van der Waals surface area (Å²) in [6.45, 7) is 5.69. The molecule has 1 fully saturated rings. The van der Waals surface area contributed by atoms with Gasteiger partial charge in [0.15, 0.2) is 0 Å². The molecule has 0 radical (unpaired) electrons. The highest BCUT2D eigenvalue weighted by Crippen LogP contribution is 2.27. The molecule has 1 rings (SSSR count). The quantitative estimate of drug-likeness (QED) is 0.543. The maximum absolute atomic E-state index is 5.81. The van der Waals surface area contributed by atoms with Crippen molar-refractivity contribution in [2.24, 2.45) is 0 Å². The molecule has 0 aromatic heterocycles. The highest BCUT2D eigenvalue weighted by molar-refractivity contribution is 4.96. The summed E-state index contributed by atoms with van der Waals surface area (Å²) >= 11 is 0. The van der Waals surface area contributed by atoms with E-state index in [0.717, 1.165) is 39.1 Å². The van der Waals surface area contributed by atoms with E-state index in [0.29, 0.717) is 19.3 Å². The van der Waals surface area contributed by atoms with Crippen LogP contribution in [-0.2, 0) is 18.9 Å². The van der Waals surface area contributed by atoms with Crippen molar-refractivity contribution in [3.63, 3.8) is 0 Å². The van der Waals surface area contributed by atoms with Crippen LogP contribution in [0.5, 0.6) is 0 Å². The first-order valence-corrected chi connectivity index (χ1v) is 7.30. The van der Waals surface area contributed by atoms with Crippen molar-refractivity contribution in [1.29, 1.82) is 0 Å². The first kappa shape index (κ1) is 16.9. The third-order valence-electron chi connectivity index (χ3n) is 3.33. The van der Waals surface area contributed by atoms with Crippen LogP contribution in [0.4, 0.5) is 0 Å². The Bertz CT molecular complexity index is 216. The van der Waals surface area contributed by atoms with E-state index in [9.17, 15) is 0 Å². The van der Waals surface area contributed by atoms with E-state index in [1.165, 1.54) is 0 Å². The summed E-state index contributed by atoms with van der Waals surface area (Å²) < 4.78 is 22.0. The molecule has 1 N–H and O–H groups in total. The predicted octanol–water partition coefficient (Wildman–Crippen LogP) is 1.21. The smallest absolute Gasteiger partial charge is 0.0990 e. The molecule has 19 heavy (non-hydrogen) atoms. The molecule has 0 aliphatic heterocycles. The molecule has 5 heteroatoms. The van der Waals surface area contributed by atoms with Gasteiger partial charge in [0.25, 0.3) is 0 Å². The van der Waals surface area contributed by atoms with Crippen molar-refractivity contribution < 1.29 is 18.9 Å². The second-order valence-electron chi connectivity index (χ2n) is 4.83. The number of methoxy groups -OCH3 is 1. The van der Waals surface area contributed by atoms with Crippen LogP contribution in [0.2, 0.25) is 0 Å². The summed E-state index contributed by atoms with van der Waals surface area (Å²) in [7, 11) is 3.68. The number of nitrogens with one attached hydrogen (secondary N) is 1. The monoisotopic (exact) mass is 275 g/mol. The molecule has 3 unspecified atom stereocenters. The molecule has 3 atom stereocenters. The van der Waals surface area contributed by atoms with Crippen molar-refractivity contribution in [3.05, 3.63) is 0 Å². The van der Waals surface area contributed by atoms with Crippen LogP contribution in [0, 0.1) is 0 Å². The number of rotatable bonds is 12. The van der Waals surface area contributed by atoms with Crippen LogP contribution in [-0.4, -0.2) is 65.4 Å². The second-order valence-corrected chi connectivity index (χ2v) is 4.83. The maximum atomic E-state index is 5.81. The van der Waals surface area contributed by atoms with Gasteiger partial charge in [0.05, 0.1) is 25.4 Å². The average molecular weight is 275 g/mol. The van der Waals surface area contributed by atoms with Crippen molar-refractivity contribution >= 4 is 0 Å². The molecular formula is C14H29NO4. The van der Waals surface area contributed by atoms with E-state index < -0.39 is 0 Å². The van der Waals surface area contributed by atoms with Gasteiger partial charge in [-0.25, -0.2) is 0 Å². The fourth-order valence-electron chi connectivity index (χ4n) is 2.17. The largest absolute Gasteiger partial charge is 0.385 e. The minimum atomic E-state index is 0.193. The first-order valence-electron chi connectivity index (χ1n) is 7.30. The molecular weight excluding hydrogens is 246 g/mol. The summed E-state index contributed by atoms with van der Waals surface area (Å²) in [4.78, 5) is 0. The van der Waals surface area contributed by atoms with Crippen molar-refractivity contribution in [2.75, 3.05) is 47.2 Å². The number of likely N-dealkylation sites (N-methyl/N-ethyl adjacent to an activating group) is 1. The Hall–Kier alpha value is -0.200. The standard InChI is InChI=1S/C14H29NO4/c1-4-6-19-14-12(15-2)11-13(14)18-10-9-17-8-5-7-16-3/h12-15H,4-11H2,1-3H3. The molecule has 0 aromatic rings. The van der Waals surface area contributed by atoms with E-state index in [1.807, 2.05) is 7.05 Å². The zero-order chi connectivity index (χ0) is 13.9. The van der Waals surface area contributed by atoms with Crippen LogP contribution < -0.4 is 5.32 Å². The summed E-state index contributed by atoms with van der Waals surface area (Å²) in [5.74, 6) is 0. The maximum Gasteiger partial charge on any atom is 0.0990 e. The molecule has 0 heterocycles. The van der Waals surface area contributed by atoms with Crippen molar-refractivity contribution in [2.45, 2.75) is 44.4 Å². The Morgan fingerprint density at radius 1 is 1.05 bits per heavy atom. The van der Waals surface area contributed by atoms with E-state index >= 15 is 0 Å². The van der Waals surface area contributed by atoms with Gasteiger partial charge in [-0.2, -0.15) is 0 Å². The van der Waals surface area contributed by atoms with Crippen LogP contribution >= 0.6 is 0 Å². The van der Waals surface area contributed by atoms with Crippen molar-refractivity contribution in [1.82, 2.24) is 5.32 Å². The van der Waals surface area contributed by atoms with Gasteiger partial charge in [-0.05, 0) is 26.3 Å². The van der Waals surface area contributed by atoms with E-state index in [1.54, 1.807) is 7.11 Å². The zero-order valence-electron chi connectivity index (χ0n) is 12.5. The Labute approximate surface area is 116 Å². The Morgan fingerprint density at radius 2 is 1.89 bits per heavy atom. The van der Waals surface area contributed by atoms with Crippen LogP contribution in [0.15, 0.2) is 0 Å². The molecule has 1 saturated carbocycles. The third kappa shape index (κ3) is 6.19. The predicted molar refractivity (Wildman–Crippen MR) is 74.5 cm³/mol. The van der Waals surface area contributed by atoms with Gasteiger partial charge in [0.2, 0.25) is 0 Å². The van der Waals surface area contributed by atoms with Gasteiger partial charge in [-0.1, -0.05) is 6.92 Å². The summed E-state index contributed by atoms with van der Waals surface area (Å²) in [5, 5.41) is 3.26. The lowest BCUT2D eigenvalue weighted by Gasteiger charge is -2.43. The van der Waals surface area contributed by atoms with Crippen LogP contribution in [0.1, 0.15) is 26.2 Å². The second kappa shape index (κ2) is 10.6. The van der Waals surface area contributed by atoms with E-state index in [4.69, 9.17) is 18.9 Å². The van der Waals surface area contributed by atoms with Crippen molar-refractivity contribution in [3.8, 4) is 0 Å². The molecule has 5 nitrogen and oxygen atoms in total. The summed E-state index contributed by atoms with van der Waals surface area (Å²) in [5.41, 5.74) is 0. The zero-order valence-corrected chi connectivity index (χ0v) is 12.5. The van der Waals surface area contributed by atoms with Gasteiger partial charge in [-0.3, -0.25) is 0 Å². The molecule has 1 aliphatic carbocycles. The Kier molecular flexibility index (Phi) is 9.38. The van der Waals surface area contributed by atoms with E-state index in [2.05, 4.69) is 12.2 Å².